The molecule has 9 aromatic rings. The Morgan fingerprint density at radius 1 is 0.500 bits per heavy atom. The molecule has 0 radical (unpaired) electrons. The molecule has 1 nitrogen and oxygen atoms in total. The van der Waals surface area contributed by atoms with Crippen molar-refractivity contribution in [3.8, 4) is 0 Å². The minimum Gasteiger partial charge on any atom is -0.456 e. The molecule has 0 amide bonds. The quantitative estimate of drug-likeness (QED) is 0.166. The van der Waals surface area contributed by atoms with Crippen LogP contribution >= 0.6 is 0 Å². The highest BCUT2D eigenvalue weighted by atomic mass is 16.3. The van der Waals surface area contributed by atoms with Gasteiger partial charge in [-0.3, -0.25) is 0 Å². The Morgan fingerprint density at radius 2 is 1.14 bits per heavy atom. The van der Waals surface area contributed by atoms with E-state index in [9.17, 15) is 0 Å². The van der Waals surface area contributed by atoms with E-state index in [0.717, 1.165) is 24.0 Å². The van der Waals surface area contributed by atoms with Crippen LogP contribution in [0, 0.1) is 0 Å². The van der Waals surface area contributed by atoms with E-state index in [1.165, 1.54) is 98.4 Å². The Kier molecular flexibility index (Phi) is 6.70. The fourth-order valence-corrected chi connectivity index (χ4v) is 10.7. The third-order valence-corrected chi connectivity index (χ3v) is 13.4. The number of fused-ring (bicyclic) bond motifs is 10. The van der Waals surface area contributed by atoms with Crippen molar-refractivity contribution in [1.82, 2.24) is 0 Å². The van der Waals surface area contributed by atoms with Crippen LogP contribution in [0.4, 0.5) is 0 Å². The summed E-state index contributed by atoms with van der Waals surface area (Å²) < 4.78 is 6.32. The maximum atomic E-state index is 6.32. The highest BCUT2D eigenvalue weighted by Crippen LogP contribution is 2.57. The zero-order valence-corrected chi connectivity index (χ0v) is 31.6. The number of benzene rings is 8. The number of allylic oxidation sites excluding steroid dienone is 8. The van der Waals surface area contributed by atoms with Gasteiger partial charge in [-0.15, -0.1) is 0 Å². The summed E-state index contributed by atoms with van der Waals surface area (Å²) in [6.45, 7) is 4.83. The molecule has 0 saturated carbocycles. The fraction of sp³-hybridized carbons (Fsp3) is 0.127. The zero-order valence-electron chi connectivity index (χ0n) is 31.6. The Bertz CT molecular complexity index is 3230. The molecule has 3 aliphatic rings. The third kappa shape index (κ3) is 4.61. The van der Waals surface area contributed by atoms with E-state index in [0.29, 0.717) is 11.8 Å². The molecule has 0 aliphatic heterocycles. The number of furan rings is 1. The molecule has 12 rings (SSSR count). The van der Waals surface area contributed by atoms with Crippen molar-refractivity contribution in [2.75, 3.05) is 0 Å². The van der Waals surface area contributed by atoms with Crippen LogP contribution in [0.3, 0.4) is 0 Å². The van der Waals surface area contributed by atoms with Crippen LogP contribution in [0.15, 0.2) is 180 Å². The zero-order chi connectivity index (χ0) is 37.1. The van der Waals surface area contributed by atoms with Crippen molar-refractivity contribution in [2.45, 2.75) is 43.9 Å². The van der Waals surface area contributed by atoms with Crippen LogP contribution in [-0.2, 0) is 5.41 Å². The van der Waals surface area contributed by atoms with E-state index in [-0.39, 0.29) is 5.41 Å². The normalized spacial score (nSPS) is 18.8. The summed E-state index contributed by atoms with van der Waals surface area (Å²) in [6.07, 6.45) is 13.9. The summed E-state index contributed by atoms with van der Waals surface area (Å²) in [4.78, 5) is 0. The SMILES string of the molecule is CC1(C)C2=CC=C(c3c4ccccc4c(C4=CC=CC(c5ccc6ccccc6c5)C4)c4ccccc34)CC2c2cc3cc4c(cc3cc21)oc1ccccc14. The van der Waals surface area contributed by atoms with Gasteiger partial charge in [-0.05, 0) is 119 Å². The lowest BCUT2D eigenvalue weighted by atomic mass is 9.75. The maximum Gasteiger partial charge on any atom is 0.136 e. The van der Waals surface area contributed by atoms with Gasteiger partial charge in [-0.25, -0.2) is 0 Å². The molecule has 1 heterocycles. The molecular formula is C55H40O. The number of hydrogen-bond donors (Lipinski definition) is 0. The summed E-state index contributed by atoms with van der Waals surface area (Å²) >= 11 is 0. The lowest BCUT2D eigenvalue weighted by Gasteiger charge is -2.29. The highest BCUT2D eigenvalue weighted by Gasteiger charge is 2.43. The van der Waals surface area contributed by atoms with Gasteiger partial charge in [-0.2, -0.15) is 0 Å². The molecule has 0 saturated heterocycles. The average Bonchev–Trinajstić information content (AvgIpc) is 3.70. The predicted molar refractivity (Wildman–Crippen MR) is 238 cm³/mol. The summed E-state index contributed by atoms with van der Waals surface area (Å²) in [6, 6.07) is 52.0. The second-order valence-electron chi connectivity index (χ2n) is 16.8. The molecule has 0 bridgehead atoms. The van der Waals surface area contributed by atoms with Crippen molar-refractivity contribution in [2.24, 2.45) is 0 Å². The fourth-order valence-electron chi connectivity index (χ4n) is 10.7. The Hall–Kier alpha value is -6.44. The van der Waals surface area contributed by atoms with Crippen LogP contribution in [0.5, 0.6) is 0 Å². The van der Waals surface area contributed by atoms with Gasteiger partial charge in [0, 0.05) is 28.0 Å². The first-order valence-corrected chi connectivity index (χ1v) is 20.1. The molecule has 0 N–H and O–H groups in total. The summed E-state index contributed by atoms with van der Waals surface area (Å²) in [5, 5.41) is 12.9. The Balaban J connectivity index is 0.979. The van der Waals surface area contributed by atoms with Crippen LogP contribution in [-0.4, -0.2) is 0 Å². The smallest absolute Gasteiger partial charge is 0.136 e. The molecule has 1 heteroatoms. The van der Waals surface area contributed by atoms with Gasteiger partial charge in [0.15, 0.2) is 0 Å². The minimum absolute atomic E-state index is 0.0599. The average molecular weight is 717 g/mol. The van der Waals surface area contributed by atoms with E-state index in [1.807, 2.05) is 0 Å². The van der Waals surface area contributed by atoms with Crippen molar-refractivity contribution >= 4 is 76.2 Å². The molecular weight excluding hydrogens is 677 g/mol. The van der Waals surface area contributed by atoms with Gasteiger partial charge < -0.3 is 4.42 Å². The molecule has 0 spiro atoms. The van der Waals surface area contributed by atoms with Gasteiger partial charge in [0.25, 0.3) is 0 Å². The van der Waals surface area contributed by atoms with E-state index in [4.69, 9.17) is 4.42 Å². The van der Waals surface area contributed by atoms with Crippen LogP contribution in [0.2, 0.25) is 0 Å². The minimum atomic E-state index is -0.0599. The lowest BCUT2D eigenvalue weighted by molar-refractivity contribution is 0.615. The van der Waals surface area contributed by atoms with E-state index in [1.54, 1.807) is 0 Å². The first-order valence-electron chi connectivity index (χ1n) is 20.1. The van der Waals surface area contributed by atoms with Crippen LogP contribution < -0.4 is 0 Å². The highest BCUT2D eigenvalue weighted by molar-refractivity contribution is 6.16. The van der Waals surface area contributed by atoms with Crippen LogP contribution in [0.25, 0.3) is 76.2 Å². The second kappa shape index (κ2) is 11.8. The molecule has 1 aromatic heterocycles. The standard InChI is InChI=1S/C55H40O/c1-55(2)49-25-24-38(28-46(49)47-29-39-30-48-41-16-9-10-21-51(41)56-52(48)32-40(39)31-50(47)55)54-44-19-7-5-17-42(44)53(43-18-6-8-20-45(43)54)37-15-11-14-35(27-37)36-23-22-33-12-3-4-13-34(33)26-36/h3-26,29-32,35,46H,27-28H2,1-2H3. The Labute approximate surface area is 326 Å². The molecule has 56 heavy (non-hydrogen) atoms. The van der Waals surface area contributed by atoms with Gasteiger partial charge in [0.1, 0.15) is 11.2 Å². The van der Waals surface area contributed by atoms with Crippen molar-refractivity contribution in [3.63, 3.8) is 0 Å². The molecule has 266 valence electrons. The van der Waals surface area contributed by atoms with E-state index in [2.05, 4.69) is 184 Å². The first kappa shape index (κ1) is 31.9. The van der Waals surface area contributed by atoms with Crippen LogP contribution in [0.1, 0.15) is 66.3 Å². The first-order chi connectivity index (χ1) is 27.5. The van der Waals surface area contributed by atoms with E-state index >= 15 is 0 Å². The topological polar surface area (TPSA) is 13.1 Å². The molecule has 2 unspecified atom stereocenters. The van der Waals surface area contributed by atoms with Gasteiger partial charge in [-0.1, -0.05) is 165 Å². The summed E-state index contributed by atoms with van der Waals surface area (Å²) in [5.41, 5.74) is 13.2. The molecule has 3 aliphatic carbocycles. The van der Waals surface area contributed by atoms with Gasteiger partial charge in [0.2, 0.25) is 0 Å². The number of rotatable bonds is 3. The predicted octanol–water partition coefficient (Wildman–Crippen LogP) is 15.1. The third-order valence-electron chi connectivity index (χ3n) is 13.4. The van der Waals surface area contributed by atoms with E-state index < -0.39 is 0 Å². The van der Waals surface area contributed by atoms with Gasteiger partial charge in [0.05, 0.1) is 0 Å². The van der Waals surface area contributed by atoms with Gasteiger partial charge >= 0.3 is 0 Å². The van der Waals surface area contributed by atoms with Crippen molar-refractivity contribution in [1.29, 1.82) is 0 Å². The van der Waals surface area contributed by atoms with Crippen molar-refractivity contribution < 1.29 is 4.42 Å². The largest absolute Gasteiger partial charge is 0.456 e. The lowest BCUT2D eigenvalue weighted by Crippen LogP contribution is -2.17. The number of para-hydroxylation sites is 1. The second-order valence-corrected chi connectivity index (χ2v) is 16.8. The Morgan fingerprint density at radius 3 is 1.89 bits per heavy atom. The molecule has 2 atom stereocenters. The summed E-state index contributed by atoms with van der Waals surface area (Å²) in [7, 11) is 0. The van der Waals surface area contributed by atoms with Crippen molar-refractivity contribution in [3.05, 3.63) is 203 Å². The molecule has 0 fully saturated rings. The monoisotopic (exact) mass is 716 g/mol. The summed E-state index contributed by atoms with van der Waals surface area (Å²) in [5.74, 6) is 0.652. The number of hydrogen-bond acceptors (Lipinski definition) is 1. The molecule has 8 aromatic carbocycles. The maximum absolute atomic E-state index is 6.32.